The molecule has 1 amide bonds. The summed E-state index contributed by atoms with van der Waals surface area (Å²) in [4.78, 5) is 11.4. The van der Waals surface area contributed by atoms with Crippen molar-refractivity contribution in [3.63, 3.8) is 0 Å². The molecule has 1 aliphatic rings. The molecule has 1 saturated carbocycles. The van der Waals surface area contributed by atoms with Crippen molar-refractivity contribution in [2.24, 2.45) is 5.92 Å². The fourth-order valence-corrected chi connectivity index (χ4v) is 2.41. The third-order valence-electron chi connectivity index (χ3n) is 3.66. The van der Waals surface area contributed by atoms with Gasteiger partial charge in [0.05, 0.1) is 0 Å². The highest BCUT2D eigenvalue weighted by atomic mass is 16.1. The molecule has 0 unspecified atom stereocenters. The molecule has 2 rings (SSSR count). The zero-order chi connectivity index (χ0) is 13.1. The number of hydrogen-bond acceptors (Lipinski definition) is 2. The predicted octanol–water partition coefficient (Wildman–Crippen LogP) is 3.55. The van der Waals surface area contributed by atoms with Crippen molar-refractivity contribution in [1.82, 2.24) is 0 Å². The van der Waals surface area contributed by atoms with Crippen molar-refractivity contribution in [3.8, 4) is 0 Å². The largest absolute Gasteiger partial charge is 0.382 e. The molecule has 1 fully saturated rings. The van der Waals surface area contributed by atoms with Gasteiger partial charge < -0.3 is 10.6 Å². The molecule has 3 nitrogen and oxygen atoms in total. The van der Waals surface area contributed by atoms with E-state index in [-0.39, 0.29) is 5.91 Å². The third kappa shape index (κ3) is 2.84. The lowest BCUT2D eigenvalue weighted by molar-refractivity contribution is -0.115. The molecule has 0 saturated heterocycles. The Morgan fingerprint density at radius 1 is 1.33 bits per heavy atom. The van der Waals surface area contributed by atoms with E-state index in [9.17, 15) is 4.79 Å². The van der Waals surface area contributed by atoms with Crippen LogP contribution in [0.1, 0.15) is 38.7 Å². The van der Waals surface area contributed by atoms with Crippen LogP contribution in [0, 0.1) is 12.8 Å². The Morgan fingerprint density at radius 2 is 2.00 bits per heavy atom. The highest BCUT2D eigenvalue weighted by Crippen LogP contribution is 2.32. The average molecular weight is 246 g/mol. The number of benzene rings is 1. The Kier molecular flexibility index (Phi) is 3.90. The number of rotatable bonds is 4. The maximum Gasteiger partial charge on any atom is 0.224 e. The van der Waals surface area contributed by atoms with Gasteiger partial charge in [0.2, 0.25) is 5.91 Å². The summed E-state index contributed by atoms with van der Waals surface area (Å²) in [6.45, 7) is 6.20. The van der Waals surface area contributed by atoms with Gasteiger partial charge in [-0.25, -0.2) is 0 Å². The molecular weight excluding hydrogens is 224 g/mol. The highest BCUT2D eigenvalue weighted by molar-refractivity contribution is 5.92. The van der Waals surface area contributed by atoms with Gasteiger partial charge in [-0.05, 0) is 43.4 Å². The topological polar surface area (TPSA) is 41.1 Å². The summed E-state index contributed by atoms with van der Waals surface area (Å²) < 4.78 is 0. The molecular formula is C15H22N2O. The maximum atomic E-state index is 11.4. The first-order valence-electron chi connectivity index (χ1n) is 6.76. The van der Waals surface area contributed by atoms with E-state index >= 15 is 0 Å². The molecule has 0 bridgehead atoms. The minimum absolute atomic E-state index is 0.0625. The van der Waals surface area contributed by atoms with Gasteiger partial charge in [-0.3, -0.25) is 4.79 Å². The van der Waals surface area contributed by atoms with Gasteiger partial charge in [-0.1, -0.05) is 19.9 Å². The third-order valence-corrected chi connectivity index (χ3v) is 3.66. The monoisotopic (exact) mass is 246 g/mol. The molecule has 1 aromatic carbocycles. The van der Waals surface area contributed by atoms with E-state index in [1.54, 1.807) is 0 Å². The lowest BCUT2D eigenvalue weighted by atomic mass is 9.81. The Bertz CT molecular complexity index is 436. The summed E-state index contributed by atoms with van der Waals surface area (Å²) in [5.41, 5.74) is 3.18. The molecule has 1 aromatic rings. The van der Waals surface area contributed by atoms with Gasteiger partial charge in [-0.15, -0.1) is 0 Å². The second-order valence-corrected chi connectivity index (χ2v) is 5.30. The average Bonchev–Trinajstić information content (AvgIpc) is 2.32. The number of carbonyl (C=O) groups is 1. The first-order chi connectivity index (χ1) is 8.60. The lowest BCUT2D eigenvalue weighted by Crippen LogP contribution is -2.34. The van der Waals surface area contributed by atoms with Crippen molar-refractivity contribution < 1.29 is 4.79 Å². The van der Waals surface area contributed by atoms with Crippen LogP contribution < -0.4 is 10.6 Å². The lowest BCUT2D eigenvalue weighted by Gasteiger charge is -2.34. The highest BCUT2D eigenvalue weighted by Gasteiger charge is 2.25. The fraction of sp³-hybridized carbons (Fsp3) is 0.533. The van der Waals surface area contributed by atoms with Gasteiger partial charge in [-0.2, -0.15) is 0 Å². The summed E-state index contributed by atoms with van der Waals surface area (Å²) in [7, 11) is 0. The van der Waals surface area contributed by atoms with E-state index in [2.05, 4.69) is 30.5 Å². The molecule has 0 heterocycles. The van der Waals surface area contributed by atoms with Crippen LogP contribution in [0.2, 0.25) is 0 Å². The van der Waals surface area contributed by atoms with Crippen molar-refractivity contribution in [2.75, 3.05) is 10.6 Å². The second kappa shape index (κ2) is 5.42. The van der Waals surface area contributed by atoms with Crippen LogP contribution in [-0.2, 0) is 4.79 Å². The van der Waals surface area contributed by atoms with Gasteiger partial charge in [0.15, 0.2) is 0 Å². The molecule has 0 radical (unpaired) electrons. The Labute approximate surface area is 109 Å². The zero-order valence-electron chi connectivity index (χ0n) is 11.4. The summed E-state index contributed by atoms with van der Waals surface area (Å²) in [5, 5.41) is 6.50. The molecule has 3 heteroatoms. The minimum Gasteiger partial charge on any atom is -0.382 e. The van der Waals surface area contributed by atoms with Crippen LogP contribution in [-0.4, -0.2) is 11.9 Å². The second-order valence-electron chi connectivity index (χ2n) is 5.30. The van der Waals surface area contributed by atoms with Crippen LogP contribution in [0.15, 0.2) is 18.2 Å². The summed E-state index contributed by atoms with van der Waals surface area (Å²) in [6, 6.07) is 6.62. The van der Waals surface area contributed by atoms with Gasteiger partial charge in [0.25, 0.3) is 0 Å². The molecule has 2 N–H and O–H groups in total. The summed E-state index contributed by atoms with van der Waals surface area (Å²) in [6.07, 6.45) is 2.99. The molecule has 0 spiro atoms. The van der Waals surface area contributed by atoms with E-state index in [1.165, 1.54) is 12.8 Å². The van der Waals surface area contributed by atoms with Crippen molar-refractivity contribution in [2.45, 2.75) is 46.1 Å². The summed E-state index contributed by atoms with van der Waals surface area (Å²) in [5.74, 6) is 0.901. The summed E-state index contributed by atoms with van der Waals surface area (Å²) >= 11 is 0. The van der Waals surface area contributed by atoms with Crippen LogP contribution >= 0.6 is 0 Å². The first kappa shape index (κ1) is 12.9. The van der Waals surface area contributed by atoms with E-state index in [0.29, 0.717) is 12.5 Å². The standard InChI is InChI=1S/C15H22N2O/c1-4-15(18)17-14-7-5-6-13(11(14)3)16-12-8-10(2)9-12/h5-7,10,12,16H,4,8-9H2,1-3H3,(H,17,18). The minimum atomic E-state index is 0.0625. The number of carbonyl (C=O) groups excluding carboxylic acids is 1. The maximum absolute atomic E-state index is 11.4. The zero-order valence-corrected chi connectivity index (χ0v) is 11.4. The van der Waals surface area contributed by atoms with Crippen LogP contribution in [0.25, 0.3) is 0 Å². The molecule has 0 aliphatic heterocycles. The Balaban J connectivity index is 2.06. The van der Waals surface area contributed by atoms with E-state index in [0.717, 1.165) is 22.9 Å². The molecule has 1 aliphatic carbocycles. The molecule has 98 valence electrons. The van der Waals surface area contributed by atoms with Gasteiger partial charge >= 0.3 is 0 Å². The van der Waals surface area contributed by atoms with E-state index in [1.807, 2.05) is 19.1 Å². The van der Waals surface area contributed by atoms with E-state index in [4.69, 9.17) is 0 Å². The van der Waals surface area contributed by atoms with Crippen molar-refractivity contribution in [1.29, 1.82) is 0 Å². The molecule has 0 aromatic heterocycles. The van der Waals surface area contributed by atoms with Crippen LogP contribution in [0.4, 0.5) is 11.4 Å². The van der Waals surface area contributed by atoms with Crippen molar-refractivity contribution >= 4 is 17.3 Å². The van der Waals surface area contributed by atoms with Crippen LogP contribution in [0.5, 0.6) is 0 Å². The SMILES string of the molecule is CCC(=O)Nc1cccc(NC2CC(C)C2)c1C. The smallest absolute Gasteiger partial charge is 0.224 e. The Morgan fingerprint density at radius 3 is 2.61 bits per heavy atom. The normalized spacial score (nSPS) is 22.2. The number of amides is 1. The van der Waals surface area contributed by atoms with Gasteiger partial charge in [0, 0.05) is 23.8 Å². The predicted molar refractivity (Wildman–Crippen MR) is 75.9 cm³/mol. The quantitative estimate of drug-likeness (QED) is 0.853. The fourth-order valence-electron chi connectivity index (χ4n) is 2.41. The van der Waals surface area contributed by atoms with Crippen LogP contribution in [0.3, 0.4) is 0 Å². The van der Waals surface area contributed by atoms with Gasteiger partial charge in [0.1, 0.15) is 0 Å². The van der Waals surface area contributed by atoms with Crippen molar-refractivity contribution in [3.05, 3.63) is 23.8 Å². The number of nitrogens with one attached hydrogen (secondary N) is 2. The Hall–Kier alpha value is -1.51. The molecule has 18 heavy (non-hydrogen) atoms. The van der Waals surface area contributed by atoms with E-state index < -0.39 is 0 Å². The molecule has 0 atom stereocenters. The number of hydrogen-bond donors (Lipinski definition) is 2. The first-order valence-corrected chi connectivity index (χ1v) is 6.76. The number of anilines is 2.